The number of aliphatic hydroxyl groups is 4. The van der Waals surface area contributed by atoms with Crippen molar-refractivity contribution in [3.63, 3.8) is 0 Å². The molecular weight excluding hydrogens is 1150 g/mol. The SMILES string of the molecule is CCCCCCCCCCCCCCCCCCc1ccc(CS(CCO)(CCO)OB(OCCCC(c2ccccc2)(c2ccccc2)c2ccccc2)OS(CCO)(CCO)Cc2ccc(CCCCCCCCCCCCCCCCCC)cc2)cc1. The summed E-state index contributed by atoms with van der Waals surface area (Å²) in [7, 11) is -5.73. The van der Waals surface area contributed by atoms with Gasteiger partial charge in [0.25, 0.3) is 0 Å². The summed E-state index contributed by atoms with van der Waals surface area (Å²) >= 11 is 0. The van der Waals surface area contributed by atoms with E-state index in [9.17, 15) is 20.4 Å². The Hall–Kier alpha value is -3.42. The molecule has 0 saturated heterocycles. The van der Waals surface area contributed by atoms with Gasteiger partial charge >= 0.3 is 7.32 Å². The molecule has 0 aliphatic rings. The van der Waals surface area contributed by atoms with Crippen molar-refractivity contribution in [2.75, 3.05) is 56.0 Å². The Bertz CT molecular complexity index is 2220. The van der Waals surface area contributed by atoms with Crippen molar-refractivity contribution in [3.8, 4) is 0 Å². The van der Waals surface area contributed by atoms with Crippen molar-refractivity contribution >= 4 is 27.9 Å². The standard InChI is InChI=1S/C80H127BO7S2/c1-3-5-7-9-11-13-15-17-19-21-23-25-27-29-31-36-45-73-53-57-75(58-54-73)71-89(67-62-82,68-63-83)87-81(86-66-44-61-80(77-47-38-33-39-48-77,78-49-40-34-41-50-78)79-51-42-35-43-52-79)88-90(69-64-84,70-65-85)72-76-59-55-74(56-60-76)46-37-32-30-28-26-24-22-20-18-16-14-12-10-8-6-4-2/h33-35,38-43,47-60,82-85H,3-32,36-37,44-46,61-72H2,1-2H3. The van der Waals surface area contributed by atoms with E-state index < -0.39 is 33.4 Å². The molecule has 7 nitrogen and oxygen atoms in total. The van der Waals surface area contributed by atoms with Crippen LogP contribution < -0.4 is 0 Å². The Morgan fingerprint density at radius 3 is 0.833 bits per heavy atom. The lowest BCUT2D eigenvalue weighted by molar-refractivity contribution is 0.203. The zero-order valence-electron chi connectivity index (χ0n) is 56.9. The number of rotatable bonds is 58. The van der Waals surface area contributed by atoms with Crippen LogP contribution in [0.5, 0.6) is 0 Å². The minimum atomic E-state index is -2.27. The second kappa shape index (κ2) is 49.2. The maximum atomic E-state index is 10.9. The number of unbranched alkanes of at least 4 members (excludes halogenated alkanes) is 30. The highest BCUT2D eigenvalue weighted by molar-refractivity contribution is 8.30. The first-order chi connectivity index (χ1) is 44.4. The molecule has 5 aromatic rings. The van der Waals surface area contributed by atoms with Crippen LogP contribution in [0.3, 0.4) is 0 Å². The Balaban J connectivity index is 1.24. The molecule has 90 heavy (non-hydrogen) atoms. The average molecular weight is 1280 g/mol. The lowest BCUT2D eigenvalue weighted by Gasteiger charge is -2.45. The van der Waals surface area contributed by atoms with Crippen molar-refractivity contribution < 1.29 is 33.3 Å². The molecule has 0 aliphatic carbocycles. The minimum absolute atomic E-state index is 0.121. The highest BCUT2D eigenvalue weighted by Crippen LogP contribution is 2.57. The summed E-state index contributed by atoms with van der Waals surface area (Å²) in [5, 5.41) is 43.5. The molecule has 0 aliphatic heterocycles. The van der Waals surface area contributed by atoms with E-state index in [1.807, 2.05) is 0 Å². The van der Waals surface area contributed by atoms with E-state index in [0.717, 1.165) is 30.4 Å². The molecule has 0 atom stereocenters. The quantitative estimate of drug-likeness (QED) is 0.0174. The Labute approximate surface area is 554 Å². The third-order valence-corrected chi connectivity index (χ3v) is 25.3. The van der Waals surface area contributed by atoms with Gasteiger partial charge in [-0.1, -0.05) is 346 Å². The summed E-state index contributed by atoms with van der Waals surface area (Å²) < 4.78 is 21.6. The molecule has 10 heteroatoms. The van der Waals surface area contributed by atoms with E-state index in [2.05, 4.69) is 153 Å². The summed E-state index contributed by atoms with van der Waals surface area (Å²) in [5.74, 6) is 2.36. The summed E-state index contributed by atoms with van der Waals surface area (Å²) in [5.41, 5.74) is 7.93. The maximum Gasteiger partial charge on any atom is 0.660 e. The van der Waals surface area contributed by atoms with Gasteiger partial charge in [-0.25, -0.2) is 0 Å². The van der Waals surface area contributed by atoms with E-state index in [1.165, 1.54) is 233 Å². The van der Waals surface area contributed by atoms with E-state index in [1.54, 1.807) is 0 Å². The molecule has 0 bridgehead atoms. The van der Waals surface area contributed by atoms with Crippen molar-refractivity contribution in [1.29, 1.82) is 0 Å². The maximum absolute atomic E-state index is 10.9. The number of aryl methyl sites for hydroxylation is 2. The molecule has 5 rings (SSSR count). The molecule has 5 aromatic carbocycles. The van der Waals surface area contributed by atoms with Gasteiger partial charge in [-0.05, 0) is 77.5 Å². The largest absolute Gasteiger partial charge is 0.660 e. The highest BCUT2D eigenvalue weighted by atomic mass is 32.3. The first kappa shape index (κ1) is 77.3. The van der Waals surface area contributed by atoms with Crippen LogP contribution in [-0.2, 0) is 42.6 Å². The minimum Gasteiger partial charge on any atom is -0.395 e. The van der Waals surface area contributed by atoms with E-state index in [0.29, 0.717) is 47.5 Å². The van der Waals surface area contributed by atoms with Crippen LogP contribution in [0.4, 0.5) is 0 Å². The Morgan fingerprint density at radius 1 is 0.311 bits per heavy atom. The number of hydrogen-bond acceptors (Lipinski definition) is 7. The van der Waals surface area contributed by atoms with Gasteiger partial charge in [-0.15, -0.1) is 20.6 Å². The number of aliphatic hydroxyl groups excluding tert-OH is 4. The molecule has 0 amide bonds. The van der Waals surface area contributed by atoms with Crippen LogP contribution in [0.25, 0.3) is 0 Å². The van der Waals surface area contributed by atoms with Crippen molar-refractivity contribution in [1.82, 2.24) is 0 Å². The van der Waals surface area contributed by atoms with Gasteiger partial charge < -0.3 is 33.3 Å². The van der Waals surface area contributed by atoms with Gasteiger partial charge in [-0.3, -0.25) is 0 Å². The molecular formula is C80H127BO7S2. The van der Waals surface area contributed by atoms with Gasteiger partial charge in [0.2, 0.25) is 0 Å². The summed E-state index contributed by atoms with van der Waals surface area (Å²) in [4.78, 5) is 0. The molecule has 0 unspecified atom stereocenters. The fraction of sp³-hybridized carbons (Fsp3) is 0.625. The smallest absolute Gasteiger partial charge is 0.395 e. The number of benzene rings is 5. The lowest BCUT2D eigenvalue weighted by Crippen LogP contribution is -2.37. The topological polar surface area (TPSA) is 109 Å². The van der Waals surface area contributed by atoms with Crippen LogP contribution in [0.1, 0.15) is 271 Å². The molecule has 0 fully saturated rings. The van der Waals surface area contributed by atoms with Gasteiger partial charge in [0.05, 0.1) is 26.4 Å². The van der Waals surface area contributed by atoms with Gasteiger partial charge in [0.1, 0.15) is 0 Å². The molecule has 504 valence electrons. The lowest BCUT2D eigenvalue weighted by atomic mass is 9.67. The summed E-state index contributed by atoms with van der Waals surface area (Å²) in [6.07, 6.45) is 47.0. The fourth-order valence-electron chi connectivity index (χ4n) is 13.4. The first-order valence-corrected chi connectivity index (χ1v) is 40.8. The third kappa shape index (κ3) is 30.8. The average Bonchev–Trinajstić information content (AvgIpc) is 0.833. The van der Waals surface area contributed by atoms with Crippen LogP contribution in [0, 0.1) is 0 Å². The van der Waals surface area contributed by atoms with Gasteiger partial charge in [0.15, 0.2) is 0 Å². The van der Waals surface area contributed by atoms with Crippen molar-refractivity contribution in [3.05, 3.63) is 178 Å². The third-order valence-electron chi connectivity index (χ3n) is 18.7. The first-order valence-electron chi connectivity index (χ1n) is 36.6. The normalized spacial score (nSPS) is 12.5. The summed E-state index contributed by atoms with van der Waals surface area (Å²) in [6.45, 7) is 4.39. The van der Waals surface area contributed by atoms with Crippen LogP contribution >= 0.6 is 20.6 Å². The molecule has 4 N–H and O–H groups in total. The van der Waals surface area contributed by atoms with Crippen LogP contribution in [0.2, 0.25) is 0 Å². The molecule has 0 heterocycles. The Kier molecular flexibility index (Phi) is 42.2. The second-order valence-electron chi connectivity index (χ2n) is 26.1. The van der Waals surface area contributed by atoms with Crippen molar-refractivity contribution in [2.24, 2.45) is 0 Å². The van der Waals surface area contributed by atoms with E-state index in [4.69, 9.17) is 12.9 Å². The summed E-state index contributed by atoms with van der Waals surface area (Å²) in [6, 6.07) is 50.0. The van der Waals surface area contributed by atoms with Gasteiger partial charge in [0, 0.05) is 46.5 Å². The predicted octanol–water partition coefficient (Wildman–Crippen LogP) is 21.3. The van der Waals surface area contributed by atoms with Crippen LogP contribution in [0.15, 0.2) is 140 Å². The molecule has 0 radical (unpaired) electrons. The molecule has 0 spiro atoms. The van der Waals surface area contributed by atoms with Crippen LogP contribution in [-0.4, -0.2) is 83.8 Å². The molecule has 0 aromatic heterocycles. The Morgan fingerprint density at radius 2 is 0.567 bits per heavy atom. The van der Waals surface area contributed by atoms with E-state index in [-0.39, 0.29) is 26.4 Å². The van der Waals surface area contributed by atoms with Gasteiger partial charge in [-0.2, -0.15) is 0 Å². The highest BCUT2D eigenvalue weighted by Gasteiger charge is 2.41. The fourth-order valence-corrected chi connectivity index (χ4v) is 18.8. The van der Waals surface area contributed by atoms with E-state index >= 15 is 0 Å². The zero-order chi connectivity index (χ0) is 63.7. The van der Waals surface area contributed by atoms with Crippen molar-refractivity contribution in [2.45, 2.75) is 262 Å². The number of hydrogen-bond donors (Lipinski definition) is 4. The molecule has 0 saturated carbocycles. The monoisotopic (exact) mass is 1270 g/mol. The predicted molar refractivity (Wildman–Crippen MR) is 392 cm³/mol. The zero-order valence-corrected chi connectivity index (χ0v) is 58.6. The second-order valence-corrected chi connectivity index (χ2v) is 32.6.